The number of carbonyl (C=O) groups excluding carboxylic acids is 1. The van der Waals surface area contributed by atoms with Crippen molar-refractivity contribution in [2.75, 3.05) is 13.1 Å². The van der Waals surface area contributed by atoms with E-state index in [0.29, 0.717) is 29.3 Å². The minimum Gasteiger partial charge on any atom is -0.438 e. The number of amides is 1. The van der Waals surface area contributed by atoms with Crippen molar-refractivity contribution < 1.29 is 9.21 Å². The Morgan fingerprint density at radius 3 is 2.94 bits per heavy atom. The van der Waals surface area contributed by atoms with Crippen LogP contribution in [0.4, 0.5) is 0 Å². The van der Waals surface area contributed by atoms with Crippen LogP contribution in [0.15, 0.2) is 10.8 Å². The molecule has 18 heavy (non-hydrogen) atoms. The Bertz CT molecular complexity index is 457. The maximum absolute atomic E-state index is 12.3. The summed E-state index contributed by atoms with van der Waals surface area (Å²) in [6.07, 6.45) is 4.61. The third kappa shape index (κ3) is 1.92. The fourth-order valence-electron chi connectivity index (χ4n) is 3.28. The van der Waals surface area contributed by atoms with Crippen LogP contribution in [-0.4, -0.2) is 34.9 Å². The summed E-state index contributed by atoms with van der Waals surface area (Å²) < 4.78 is 5.19. The second kappa shape index (κ2) is 4.39. The molecule has 5 heteroatoms. The smallest absolute Gasteiger partial charge is 0.291 e. The highest BCUT2D eigenvalue weighted by Gasteiger charge is 2.39. The molecule has 0 radical (unpaired) electrons. The molecule has 98 valence electrons. The third-order valence-corrected chi connectivity index (χ3v) is 4.32. The van der Waals surface area contributed by atoms with E-state index in [4.69, 9.17) is 10.2 Å². The zero-order chi connectivity index (χ0) is 12.7. The Morgan fingerprint density at radius 2 is 2.22 bits per heavy atom. The standard InChI is InChI=1S/C13H19N3O2/c1-8-12(18-7-15-8)13(17)16-5-9-2-3-11(14)4-10(9)6-16/h7,9-11H,2-6,14H2,1H3/t9-,10+,11?/m1/s1. The number of aromatic nitrogens is 1. The van der Waals surface area contributed by atoms with Gasteiger partial charge in [0.15, 0.2) is 6.39 Å². The lowest BCUT2D eigenvalue weighted by molar-refractivity contribution is 0.0751. The molecule has 2 heterocycles. The molecule has 0 aromatic carbocycles. The monoisotopic (exact) mass is 249 g/mol. The summed E-state index contributed by atoms with van der Waals surface area (Å²) in [5.74, 6) is 1.56. The van der Waals surface area contributed by atoms with Crippen molar-refractivity contribution in [3.8, 4) is 0 Å². The summed E-state index contributed by atoms with van der Waals surface area (Å²) in [6.45, 7) is 3.46. The van der Waals surface area contributed by atoms with Crippen LogP contribution in [0, 0.1) is 18.8 Å². The van der Waals surface area contributed by atoms with Crippen molar-refractivity contribution in [2.24, 2.45) is 17.6 Å². The Kier molecular flexibility index (Phi) is 2.86. The maximum atomic E-state index is 12.3. The number of hydrogen-bond acceptors (Lipinski definition) is 4. The van der Waals surface area contributed by atoms with E-state index in [1.54, 1.807) is 6.92 Å². The van der Waals surface area contributed by atoms with Crippen molar-refractivity contribution in [3.63, 3.8) is 0 Å². The minimum atomic E-state index is -0.0204. The molecule has 1 amide bonds. The van der Waals surface area contributed by atoms with E-state index in [-0.39, 0.29) is 5.91 Å². The van der Waals surface area contributed by atoms with Gasteiger partial charge in [-0.2, -0.15) is 0 Å². The van der Waals surface area contributed by atoms with Crippen LogP contribution < -0.4 is 5.73 Å². The molecule has 3 atom stereocenters. The molecule has 1 saturated carbocycles. The zero-order valence-corrected chi connectivity index (χ0v) is 10.6. The van der Waals surface area contributed by atoms with Gasteiger partial charge in [-0.3, -0.25) is 4.79 Å². The van der Waals surface area contributed by atoms with E-state index in [9.17, 15) is 4.79 Å². The van der Waals surface area contributed by atoms with Crippen molar-refractivity contribution in [3.05, 3.63) is 17.8 Å². The highest BCUT2D eigenvalue weighted by atomic mass is 16.3. The van der Waals surface area contributed by atoms with Gasteiger partial charge < -0.3 is 15.1 Å². The van der Waals surface area contributed by atoms with Crippen LogP contribution in [0.25, 0.3) is 0 Å². The van der Waals surface area contributed by atoms with E-state index < -0.39 is 0 Å². The molecular weight excluding hydrogens is 230 g/mol. The normalized spacial score (nSPS) is 31.4. The summed E-state index contributed by atoms with van der Waals surface area (Å²) in [6, 6.07) is 0.313. The highest BCUT2D eigenvalue weighted by Crippen LogP contribution is 2.36. The number of oxazole rings is 1. The molecule has 0 spiro atoms. The van der Waals surface area contributed by atoms with Crippen LogP contribution in [0.3, 0.4) is 0 Å². The van der Waals surface area contributed by atoms with Gasteiger partial charge in [-0.25, -0.2) is 4.98 Å². The average molecular weight is 249 g/mol. The fourth-order valence-corrected chi connectivity index (χ4v) is 3.28. The lowest BCUT2D eigenvalue weighted by Gasteiger charge is -2.27. The minimum absolute atomic E-state index is 0.0204. The lowest BCUT2D eigenvalue weighted by Crippen LogP contribution is -2.32. The van der Waals surface area contributed by atoms with E-state index in [1.807, 2.05) is 4.90 Å². The molecular formula is C13H19N3O2. The molecule has 1 aromatic rings. The van der Waals surface area contributed by atoms with Crippen LogP contribution in [0.2, 0.25) is 0 Å². The van der Waals surface area contributed by atoms with Gasteiger partial charge in [-0.05, 0) is 38.0 Å². The predicted octanol–water partition coefficient (Wildman–Crippen LogP) is 1.18. The quantitative estimate of drug-likeness (QED) is 0.811. The number of aryl methyl sites for hydroxylation is 1. The van der Waals surface area contributed by atoms with E-state index in [0.717, 1.165) is 32.4 Å². The van der Waals surface area contributed by atoms with Crippen molar-refractivity contribution >= 4 is 5.91 Å². The largest absolute Gasteiger partial charge is 0.438 e. The molecule has 3 rings (SSSR count). The average Bonchev–Trinajstić information content (AvgIpc) is 2.93. The first-order valence-corrected chi connectivity index (χ1v) is 6.60. The second-order valence-corrected chi connectivity index (χ2v) is 5.57. The van der Waals surface area contributed by atoms with E-state index in [2.05, 4.69) is 4.98 Å². The van der Waals surface area contributed by atoms with Crippen LogP contribution in [0.5, 0.6) is 0 Å². The molecule has 1 unspecified atom stereocenters. The number of nitrogens with two attached hydrogens (primary N) is 1. The fraction of sp³-hybridized carbons (Fsp3) is 0.692. The summed E-state index contributed by atoms with van der Waals surface area (Å²) in [7, 11) is 0. The van der Waals surface area contributed by atoms with Gasteiger partial charge in [-0.1, -0.05) is 0 Å². The molecule has 0 bridgehead atoms. The Morgan fingerprint density at radius 1 is 1.44 bits per heavy atom. The summed E-state index contributed by atoms with van der Waals surface area (Å²) in [4.78, 5) is 18.2. The van der Waals surface area contributed by atoms with Crippen LogP contribution in [-0.2, 0) is 0 Å². The summed E-state index contributed by atoms with van der Waals surface area (Å²) in [5, 5.41) is 0. The molecule has 1 aliphatic carbocycles. The Labute approximate surface area is 106 Å². The first-order chi connectivity index (χ1) is 8.65. The summed E-state index contributed by atoms with van der Waals surface area (Å²) in [5.41, 5.74) is 6.67. The van der Waals surface area contributed by atoms with Crippen molar-refractivity contribution in [1.29, 1.82) is 0 Å². The second-order valence-electron chi connectivity index (χ2n) is 5.57. The molecule has 2 aliphatic rings. The van der Waals surface area contributed by atoms with Gasteiger partial charge in [0.25, 0.3) is 5.91 Å². The maximum Gasteiger partial charge on any atom is 0.291 e. The SMILES string of the molecule is Cc1ncoc1C(=O)N1C[C@H]2CCC(N)C[C@H]2C1. The zero-order valence-electron chi connectivity index (χ0n) is 10.6. The molecule has 1 aliphatic heterocycles. The van der Waals surface area contributed by atoms with Crippen molar-refractivity contribution in [2.45, 2.75) is 32.2 Å². The topological polar surface area (TPSA) is 72.4 Å². The number of nitrogens with zero attached hydrogens (tertiary/aromatic N) is 2. The molecule has 1 aromatic heterocycles. The first kappa shape index (κ1) is 11.7. The highest BCUT2D eigenvalue weighted by molar-refractivity contribution is 5.92. The number of fused-ring (bicyclic) bond motifs is 1. The van der Waals surface area contributed by atoms with Gasteiger partial charge in [0, 0.05) is 19.1 Å². The number of carbonyl (C=O) groups is 1. The van der Waals surface area contributed by atoms with Crippen molar-refractivity contribution in [1.82, 2.24) is 9.88 Å². The van der Waals surface area contributed by atoms with Gasteiger partial charge in [0.2, 0.25) is 5.76 Å². The predicted molar refractivity (Wildman–Crippen MR) is 65.9 cm³/mol. The van der Waals surface area contributed by atoms with Gasteiger partial charge in [-0.15, -0.1) is 0 Å². The summed E-state index contributed by atoms with van der Waals surface area (Å²) >= 11 is 0. The molecule has 5 nitrogen and oxygen atoms in total. The first-order valence-electron chi connectivity index (χ1n) is 6.60. The van der Waals surface area contributed by atoms with E-state index >= 15 is 0 Å². The van der Waals surface area contributed by atoms with Gasteiger partial charge >= 0.3 is 0 Å². The van der Waals surface area contributed by atoms with Gasteiger partial charge in [0.05, 0.1) is 5.69 Å². The Balaban J connectivity index is 1.72. The van der Waals surface area contributed by atoms with Gasteiger partial charge in [0.1, 0.15) is 0 Å². The number of hydrogen-bond donors (Lipinski definition) is 1. The molecule has 1 saturated heterocycles. The van der Waals surface area contributed by atoms with Crippen LogP contribution >= 0.6 is 0 Å². The number of rotatable bonds is 1. The third-order valence-electron chi connectivity index (χ3n) is 4.32. The molecule has 2 fully saturated rings. The Hall–Kier alpha value is -1.36. The lowest BCUT2D eigenvalue weighted by atomic mass is 9.79. The molecule has 2 N–H and O–H groups in total. The van der Waals surface area contributed by atoms with Crippen LogP contribution in [0.1, 0.15) is 35.5 Å². The number of likely N-dealkylation sites (tertiary alicyclic amines) is 1. The van der Waals surface area contributed by atoms with E-state index in [1.165, 1.54) is 6.39 Å².